The summed E-state index contributed by atoms with van der Waals surface area (Å²) in [5.41, 5.74) is 2.39. The molecule has 0 aromatic heterocycles. The maximum Gasteiger partial charge on any atom is 0.318 e. The van der Waals surface area contributed by atoms with Crippen LogP contribution in [-0.4, -0.2) is 11.7 Å². The van der Waals surface area contributed by atoms with Gasteiger partial charge in [-0.25, -0.2) is 0 Å². The molecular formula is C20H22O2S. The van der Waals surface area contributed by atoms with E-state index >= 15 is 0 Å². The zero-order chi connectivity index (χ0) is 16.2. The first-order valence-corrected chi connectivity index (χ1v) is 9.21. The lowest BCUT2D eigenvalue weighted by Crippen LogP contribution is -2.22. The van der Waals surface area contributed by atoms with Gasteiger partial charge in [-0.1, -0.05) is 44.2 Å². The zero-order valence-electron chi connectivity index (χ0n) is 13.6. The van der Waals surface area contributed by atoms with Gasteiger partial charge in [0.05, 0.1) is 5.92 Å². The smallest absolute Gasteiger partial charge is 0.318 e. The Morgan fingerprint density at radius 2 is 1.96 bits per heavy atom. The summed E-state index contributed by atoms with van der Waals surface area (Å²) in [6.45, 7) is 4.38. The van der Waals surface area contributed by atoms with Gasteiger partial charge in [0.15, 0.2) is 0 Å². The molecule has 0 spiro atoms. The van der Waals surface area contributed by atoms with Gasteiger partial charge in [-0.15, -0.1) is 11.8 Å². The molecule has 3 rings (SSSR count). The van der Waals surface area contributed by atoms with E-state index in [2.05, 4.69) is 32.0 Å². The maximum absolute atomic E-state index is 12.6. The Balaban J connectivity index is 1.73. The average Bonchev–Trinajstić information content (AvgIpc) is 2.61. The second-order valence-electron chi connectivity index (χ2n) is 6.03. The fourth-order valence-electron chi connectivity index (χ4n) is 2.87. The Labute approximate surface area is 142 Å². The Hall–Kier alpha value is -1.74. The molecule has 0 radical (unpaired) electrons. The van der Waals surface area contributed by atoms with Gasteiger partial charge in [-0.3, -0.25) is 4.79 Å². The fourth-order valence-corrected chi connectivity index (χ4v) is 4.00. The molecule has 2 nitrogen and oxygen atoms in total. The largest absolute Gasteiger partial charge is 0.426 e. The van der Waals surface area contributed by atoms with Crippen LogP contribution in [0, 0.1) is 0 Å². The lowest BCUT2D eigenvalue weighted by Gasteiger charge is -2.23. The van der Waals surface area contributed by atoms with E-state index in [1.165, 1.54) is 10.5 Å². The van der Waals surface area contributed by atoms with Gasteiger partial charge < -0.3 is 4.74 Å². The molecule has 1 aliphatic heterocycles. The molecule has 0 saturated carbocycles. The maximum atomic E-state index is 12.6. The van der Waals surface area contributed by atoms with Crippen LogP contribution in [0.4, 0.5) is 0 Å². The van der Waals surface area contributed by atoms with Crippen molar-refractivity contribution < 1.29 is 9.53 Å². The summed E-state index contributed by atoms with van der Waals surface area (Å²) in [5, 5.41) is 0. The van der Waals surface area contributed by atoms with E-state index in [4.69, 9.17) is 4.74 Å². The third-order valence-electron chi connectivity index (χ3n) is 4.52. The van der Waals surface area contributed by atoms with Gasteiger partial charge in [0.1, 0.15) is 5.75 Å². The Morgan fingerprint density at radius 3 is 2.70 bits per heavy atom. The van der Waals surface area contributed by atoms with Crippen molar-refractivity contribution in [2.45, 2.75) is 43.4 Å². The van der Waals surface area contributed by atoms with Crippen LogP contribution in [0.2, 0.25) is 0 Å². The minimum atomic E-state index is -0.151. The summed E-state index contributed by atoms with van der Waals surface area (Å²) in [4.78, 5) is 13.8. The summed E-state index contributed by atoms with van der Waals surface area (Å²) in [6, 6.07) is 16.1. The number of ether oxygens (including phenoxy) is 1. The van der Waals surface area contributed by atoms with E-state index < -0.39 is 0 Å². The van der Waals surface area contributed by atoms with Gasteiger partial charge >= 0.3 is 5.97 Å². The molecule has 0 N–H and O–H groups in total. The summed E-state index contributed by atoms with van der Waals surface area (Å²) >= 11 is 1.82. The first kappa shape index (κ1) is 16.1. The fraction of sp³-hybridized carbons (Fsp3) is 0.350. The highest BCUT2D eigenvalue weighted by Crippen LogP contribution is 2.38. The van der Waals surface area contributed by atoms with Gasteiger partial charge in [0.25, 0.3) is 0 Å². The highest BCUT2D eigenvalue weighted by molar-refractivity contribution is 7.99. The van der Waals surface area contributed by atoms with Crippen molar-refractivity contribution in [3.8, 4) is 5.75 Å². The van der Waals surface area contributed by atoms with Crippen molar-refractivity contribution in [1.29, 1.82) is 0 Å². The molecule has 1 aliphatic rings. The van der Waals surface area contributed by atoms with Gasteiger partial charge in [0, 0.05) is 4.90 Å². The Bertz CT molecular complexity index is 678. The van der Waals surface area contributed by atoms with Crippen LogP contribution in [0.5, 0.6) is 5.75 Å². The number of hydrogen-bond acceptors (Lipinski definition) is 3. The van der Waals surface area contributed by atoms with Gasteiger partial charge in [-0.05, 0) is 53.8 Å². The molecule has 2 aromatic carbocycles. The predicted molar refractivity (Wildman–Crippen MR) is 95.3 cm³/mol. The van der Waals surface area contributed by atoms with E-state index in [0.29, 0.717) is 11.7 Å². The minimum absolute atomic E-state index is 0.144. The van der Waals surface area contributed by atoms with Crippen LogP contribution in [0.3, 0.4) is 0 Å². The molecular weight excluding hydrogens is 304 g/mol. The second kappa shape index (κ2) is 7.22. The van der Waals surface area contributed by atoms with E-state index in [9.17, 15) is 4.79 Å². The third kappa shape index (κ3) is 3.61. The van der Waals surface area contributed by atoms with Crippen molar-refractivity contribution in [1.82, 2.24) is 0 Å². The van der Waals surface area contributed by atoms with E-state index in [1.54, 1.807) is 0 Å². The lowest BCUT2D eigenvalue weighted by atomic mass is 9.96. The molecule has 0 saturated heterocycles. The SMILES string of the molecule is CCC(C)c1ccc(OC(=O)C2CCSc3ccccc32)cc1. The number of esters is 1. The number of carbonyl (C=O) groups excluding carboxylic acids is 1. The molecule has 120 valence electrons. The van der Waals surface area contributed by atoms with Crippen molar-refractivity contribution >= 4 is 17.7 Å². The first-order chi connectivity index (χ1) is 11.2. The first-order valence-electron chi connectivity index (χ1n) is 8.22. The van der Waals surface area contributed by atoms with E-state index in [-0.39, 0.29) is 11.9 Å². The average molecular weight is 326 g/mol. The van der Waals surface area contributed by atoms with Crippen molar-refractivity contribution in [2.75, 3.05) is 5.75 Å². The molecule has 0 aliphatic carbocycles. The van der Waals surface area contributed by atoms with Crippen LogP contribution in [0.25, 0.3) is 0 Å². The van der Waals surface area contributed by atoms with Crippen molar-refractivity contribution in [3.05, 3.63) is 59.7 Å². The Morgan fingerprint density at radius 1 is 1.22 bits per heavy atom. The summed E-state index contributed by atoms with van der Waals surface area (Å²) in [6.07, 6.45) is 1.95. The standard InChI is InChI=1S/C20H22O2S/c1-3-14(2)15-8-10-16(11-9-15)22-20(21)18-12-13-23-19-7-5-4-6-17(18)19/h4-11,14,18H,3,12-13H2,1-2H3. The number of carbonyl (C=O) groups is 1. The lowest BCUT2D eigenvalue weighted by molar-refractivity contribution is -0.136. The number of thioether (sulfide) groups is 1. The summed E-state index contributed by atoms with van der Waals surface area (Å²) < 4.78 is 5.63. The number of fused-ring (bicyclic) bond motifs is 1. The van der Waals surface area contributed by atoms with Crippen LogP contribution in [-0.2, 0) is 4.79 Å². The van der Waals surface area contributed by atoms with Crippen LogP contribution in [0.15, 0.2) is 53.4 Å². The molecule has 23 heavy (non-hydrogen) atoms. The topological polar surface area (TPSA) is 26.3 Å². The normalized spacial score (nSPS) is 18.1. The molecule has 1 heterocycles. The van der Waals surface area contributed by atoms with Gasteiger partial charge in [-0.2, -0.15) is 0 Å². The highest BCUT2D eigenvalue weighted by Gasteiger charge is 2.28. The molecule has 0 fully saturated rings. The monoisotopic (exact) mass is 326 g/mol. The number of benzene rings is 2. The van der Waals surface area contributed by atoms with Crippen molar-refractivity contribution in [2.24, 2.45) is 0 Å². The predicted octanol–water partition coefficient (Wildman–Crippen LogP) is 5.39. The molecule has 3 heteroatoms. The zero-order valence-corrected chi connectivity index (χ0v) is 14.4. The summed E-state index contributed by atoms with van der Waals surface area (Å²) in [5.74, 6) is 1.83. The van der Waals surface area contributed by atoms with Gasteiger partial charge in [0.2, 0.25) is 0 Å². The third-order valence-corrected chi connectivity index (χ3v) is 5.65. The number of hydrogen-bond donors (Lipinski definition) is 0. The quantitative estimate of drug-likeness (QED) is 0.557. The number of rotatable bonds is 4. The van der Waals surface area contributed by atoms with Crippen LogP contribution >= 0.6 is 11.8 Å². The summed E-state index contributed by atoms with van der Waals surface area (Å²) in [7, 11) is 0. The van der Waals surface area contributed by atoms with Crippen LogP contribution in [0.1, 0.15) is 49.7 Å². The van der Waals surface area contributed by atoms with E-state index in [0.717, 1.165) is 24.2 Å². The van der Waals surface area contributed by atoms with Crippen LogP contribution < -0.4 is 4.74 Å². The molecule has 0 bridgehead atoms. The molecule has 2 unspecified atom stereocenters. The van der Waals surface area contributed by atoms with E-state index in [1.807, 2.05) is 42.1 Å². The highest BCUT2D eigenvalue weighted by atomic mass is 32.2. The molecule has 2 aromatic rings. The van der Waals surface area contributed by atoms with Crippen molar-refractivity contribution in [3.63, 3.8) is 0 Å². The Kier molecular flexibility index (Phi) is 5.06. The second-order valence-corrected chi connectivity index (χ2v) is 7.16. The molecule has 0 amide bonds. The molecule has 2 atom stereocenters. The minimum Gasteiger partial charge on any atom is -0.426 e.